The van der Waals surface area contributed by atoms with Gasteiger partial charge in [-0.3, -0.25) is 9.59 Å². The highest BCUT2D eigenvalue weighted by Gasteiger charge is 2.46. The van der Waals surface area contributed by atoms with Crippen molar-refractivity contribution >= 4 is 11.8 Å². The molecule has 1 aliphatic rings. The lowest BCUT2D eigenvalue weighted by Crippen LogP contribution is -2.55. The first-order valence-corrected chi connectivity index (χ1v) is 4.41. The molecule has 0 aromatic carbocycles. The summed E-state index contributed by atoms with van der Waals surface area (Å²) in [7, 11) is 1.46. The van der Waals surface area contributed by atoms with Crippen LogP contribution in [0.25, 0.3) is 0 Å². The summed E-state index contributed by atoms with van der Waals surface area (Å²) in [5.74, 6) is -2.20. The smallest absolute Gasteiger partial charge is 0.359 e. The first kappa shape index (κ1) is 11.8. The van der Waals surface area contributed by atoms with Gasteiger partial charge in [-0.15, -0.1) is 0 Å². The Labute approximate surface area is 84.4 Å². The summed E-state index contributed by atoms with van der Waals surface area (Å²) in [6.45, 7) is 0.0114. The van der Waals surface area contributed by atoms with E-state index in [1.165, 1.54) is 7.05 Å². The lowest BCUT2D eigenvalue weighted by atomic mass is 9.96. The number of nitrogens with one attached hydrogen (secondary N) is 1. The predicted molar refractivity (Wildman–Crippen MR) is 44.8 cm³/mol. The first-order valence-electron chi connectivity index (χ1n) is 4.41. The number of nitrogens with zero attached hydrogens (tertiary/aromatic N) is 1. The molecule has 0 aromatic heterocycles. The first-order chi connectivity index (χ1) is 6.84. The normalized spacial score (nSPS) is 17.2. The standard InChI is InChI=1S/C8H11F3N2O2/c1-12-6(14)2-5-3-13(4-5)7(15)8(9,10)11/h5H,2-4H2,1H3,(H,12,14). The maximum absolute atomic E-state index is 11.9. The Morgan fingerprint density at radius 1 is 1.40 bits per heavy atom. The van der Waals surface area contributed by atoms with Crippen LogP contribution in [-0.4, -0.2) is 43.0 Å². The molecule has 1 saturated heterocycles. The van der Waals surface area contributed by atoms with Gasteiger partial charge in [0.1, 0.15) is 0 Å². The molecular weight excluding hydrogens is 213 g/mol. The Hall–Kier alpha value is -1.27. The molecule has 0 saturated carbocycles. The molecule has 0 radical (unpaired) electrons. The lowest BCUT2D eigenvalue weighted by Gasteiger charge is -2.39. The fourth-order valence-corrected chi connectivity index (χ4v) is 1.41. The second-order valence-electron chi connectivity index (χ2n) is 3.45. The van der Waals surface area contributed by atoms with Gasteiger partial charge in [0.25, 0.3) is 0 Å². The number of halogens is 3. The van der Waals surface area contributed by atoms with Gasteiger partial charge in [0.15, 0.2) is 0 Å². The van der Waals surface area contributed by atoms with E-state index in [-0.39, 0.29) is 31.3 Å². The monoisotopic (exact) mass is 224 g/mol. The van der Waals surface area contributed by atoms with Crippen LogP contribution in [0.5, 0.6) is 0 Å². The van der Waals surface area contributed by atoms with Crippen molar-refractivity contribution in [2.45, 2.75) is 12.6 Å². The van der Waals surface area contributed by atoms with Crippen LogP contribution in [0.1, 0.15) is 6.42 Å². The fraction of sp³-hybridized carbons (Fsp3) is 0.750. The molecule has 1 aliphatic heterocycles. The maximum Gasteiger partial charge on any atom is 0.471 e. The molecule has 15 heavy (non-hydrogen) atoms. The number of carbonyl (C=O) groups excluding carboxylic acids is 2. The molecule has 86 valence electrons. The second-order valence-corrected chi connectivity index (χ2v) is 3.45. The van der Waals surface area contributed by atoms with Crippen LogP contribution in [0.3, 0.4) is 0 Å². The third-order valence-corrected chi connectivity index (χ3v) is 2.24. The minimum atomic E-state index is -4.81. The summed E-state index contributed by atoms with van der Waals surface area (Å²) in [6, 6.07) is 0. The van der Waals surface area contributed by atoms with Gasteiger partial charge in [0, 0.05) is 32.5 Å². The Morgan fingerprint density at radius 3 is 2.33 bits per heavy atom. The van der Waals surface area contributed by atoms with Crippen molar-refractivity contribution in [2.24, 2.45) is 5.92 Å². The minimum Gasteiger partial charge on any atom is -0.359 e. The van der Waals surface area contributed by atoms with E-state index >= 15 is 0 Å². The minimum absolute atomic E-state index is 0.00572. The molecule has 1 N–H and O–H groups in total. The highest BCUT2D eigenvalue weighted by molar-refractivity contribution is 5.83. The van der Waals surface area contributed by atoms with Crippen molar-refractivity contribution in [3.8, 4) is 0 Å². The van der Waals surface area contributed by atoms with Crippen molar-refractivity contribution in [3.05, 3.63) is 0 Å². The van der Waals surface area contributed by atoms with Gasteiger partial charge in [-0.2, -0.15) is 13.2 Å². The Balaban J connectivity index is 2.32. The number of hydrogen-bond donors (Lipinski definition) is 1. The zero-order valence-electron chi connectivity index (χ0n) is 8.10. The third-order valence-electron chi connectivity index (χ3n) is 2.24. The van der Waals surface area contributed by atoms with E-state index < -0.39 is 12.1 Å². The summed E-state index contributed by atoms with van der Waals surface area (Å²) >= 11 is 0. The van der Waals surface area contributed by atoms with Crippen LogP contribution in [-0.2, 0) is 9.59 Å². The summed E-state index contributed by atoms with van der Waals surface area (Å²) in [6.07, 6.45) is -4.64. The van der Waals surface area contributed by atoms with Gasteiger partial charge in [-0.25, -0.2) is 0 Å². The Kier molecular flexibility index (Phi) is 3.21. The SMILES string of the molecule is CNC(=O)CC1CN(C(=O)C(F)(F)F)C1. The van der Waals surface area contributed by atoms with Gasteiger partial charge >= 0.3 is 12.1 Å². The average molecular weight is 224 g/mol. The molecule has 0 aromatic rings. The molecule has 1 heterocycles. The third kappa shape index (κ3) is 2.84. The number of amides is 2. The molecular formula is C8H11F3N2O2. The zero-order valence-corrected chi connectivity index (χ0v) is 8.10. The summed E-state index contributed by atoms with van der Waals surface area (Å²) < 4.78 is 35.7. The van der Waals surface area contributed by atoms with Crippen molar-refractivity contribution in [1.82, 2.24) is 10.2 Å². The Morgan fingerprint density at radius 2 is 1.93 bits per heavy atom. The van der Waals surface area contributed by atoms with Crippen LogP contribution >= 0.6 is 0 Å². The highest BCUT2D eigenvalue weighted by Crippen LogP contribution is 2.26. The van der Waals surface area contributed by atoms with Crippen LogP contribution in [0.4, 0.5) is 13.2 Å². The van der Waals surface area contributed by atoms with E-state index in [1.54, 1.807) is 0 Å². The van der Waals surface area contributed by atoms with Crippen molar-refractivity contribution in [3.63, 3.8) is 0 Å². The predicted octanol–water partition coefficient (Wildman–Crippen LogP) is 0.143. The number of carbonyl (C=O) groups is 2. The number of rotatable bonds is 2. The van der Waals surface area contributed by atoms with E-state index in [0.29, 0.717) is 4.90 Å². The van der Waals surface area contributed by atoms with E-state index in [0.717, 1.165) is 0 Å². The summed E-state index contributed by atoms with van der Waals surface area (Å²) in [4.78, 5) is 22.2. The van der Waals surface area contributed by atoms with Crippen molar-refractivity contribution in [2.75, 3.05) is 20.1 Å². The van der Waals surface area contributed by atoms with Crippen LogP contribution in [0.2, 0.25) is 0 Å². The van der Waals surface area contributed by atoms with Crippen LogP contribution in [0.15, 0.2) is 0 Å². The molecule has 0 unspecified atom stereocenters. The molecule has 1 rings (SSSR count). The van der Waals surface area contributed by atoms with Gasteiger partial charge in [0.2, 0.25) is 5.91 Å². The summed E-state index contributed by atoms with van der Waals surface area (Å²) in [5.41, 5.74) is 0. The quantitative estimate of drug-likeness (QED) is 0.725. The second kappa shape index (κ2) is 4.08. The summed E-state index contributed by atoms with van der Waals surface area (Å²) in [5, 5.41) is 2.37. The van der Waals surface area contributed by atoms with Crippen LogP contribution in [0, 0.1) is 5.92 Å². The Bertz CT molecular complexity index is 272. The van der Waals surface area contributed by atoms with E-state index in [4.69, 9.17) is 0 Å². The molecule has 7 heteroatoms. The molecule has 1 fully saturated rings. The fourth-order valence-electron chi connectivity index (χ4n) is 1.41. The van der Waals surface area contributed by atoms with E-state index in [1.807, 2.05) is 0 Å². The average Bonchev–Trinajstić information content (AvgIpc) is 2.07. The molecule has 4 nitrogen and oxygen atoms in total. The molecule has 0 spiro atoms. The largest absolute Gasteiger partial charge is 0.471 e. The zero-order chi connectivity index (χ0) is 11.6. The lowest BCUT2D eigenvalue weighted by molar-refractivity contribution is -0.191. The van der Waals surface area contributed by atoms with Gasteiger partial charge in [-0.05, 0) is 0 Å². The molecule has 0 atom stereocenters. The highest BCUT2D eigenvalue weighted by atomic mass is 19.4. The van der Waals surface area contributed by atoms with Gasteiger partial charge in [-0.1, -0.05) is 0 Å². The number of likely N-dealkylation sites (tertiary alicyclic amines) is 1. The van der Waals surface area contributed by atoms with Gasteiger partial charge in [0.05, 0.1) is 0 Å². The van der Waals surface area contributed by atoms with Crippen LogP contribution < -0.4 is 5.32 Å². The van der Waals surface area contributed by atoms with Crippen molar-refractivity contribution < 1.29 is 22.8 Å². The molecule has 0 bridgehead atoms. The van der Waals surface area contributed by atoms with Gasteiger partial charge < -0.3 is 10.2 Å². The molecule has 0 aliphatic carbocycles. The maximum atomic E-state index is 11.9. The van der Waals surface area contributed by atoms with E-state index in [2.05, 4.69) is 5.32 Å². The number of hydrogen-bond acceptors (Lipinski definition) is 2. The van der Waals surface area contributed by atoms with Crippen molar-refractivity contribution in [1.29, 1.82) is 0 Å². The molecule has 2 amide bonds. The van der Waals surface area contributed by atoms with E-state index in [9.17, 15) is 22.8 Å². The number of alkyl halides is 3. The topological polar surface area (TPSA) is 49.4 Å².